The molecule has 0 aliphatic carbocycles. The fourth-order valence-electron chi connectivity index (χ4n) is 1.53. The summed E-state index contributed by atoms with van der Waals surface area (Å²) in [5, 5.41) is 2.60. The molecule has 2 rings (SSSR count). The lowest BCUT2D eigenvalue weighted by molar-refractivity contribution is 0.102. The first-order valence-electron chi connectivity index (χ1n) is 5.48. The Morgan fingerprint density at radius 3 is 2.75 bits per heavy atom. The van der Waals surface area contributed by atoms with Gasteiger partial charge in [-0.1, -0.05) is 0 Å². The summed E-state index contributed by atoms with van der Waals surface area (Å²) >= 11 is 6.65. The van der Waals surface area contributed by atoms with E-state index in [0.29, 0.717) is 15.9 Å². The average molecular weight is 404 g/mol. The van der Waals surface area contributed by atoms with Crippen molar-refractivity contribution in [3.05, 3.63) is 50.9 Å². The van der Waals surface area contributed by atoms with Crippen molar-refractivity contribution in [3.8, 4) is 5.75 Å². The number of nitrogens with zero attached hydrogens (tertiary/aromatic N) is 1. The van der Waals surface area contributed by atoms with Crippen molar-refractivity contribution in [2.24, 2.45) is 0 Å². The second-order valence-electron chi connectivity index (χ2n) is 3.76. The number of amides is 1. The Hall–Kier alpha value is -1.47. The number of halogens is 3. The highest BCUT2D eigenvalue weighted by molar-refractivity contribution is 9.11. The third-order valence-electron chi connectivity index (χ3n) is 2.49. The molecule has 1 heterocycles. The minimum Gasteiger partial charge on any atom is -0.495 e. The van der Waals surface area contributed by atoms with E-state index in [1.54, 1.807) is 12.1 Å². The molecule has 7 heteroatoms. The second-order valence-corrected chi connectivity index (χ2v) is 5.47. The normalized spacial score (nSPS) is 10.2. The van der Waals surface area contributed by atoms with Crippen LogP contribution in [0.5, 0.6) is 5.75 Å². The molecular formula is C13H9Br2FN2O2. The molecule has 1 amide bonds. The zero-order valence-corrected chi connectivity index (χ0v) is 13.5. The lowest BCUT2D eigenvalue weighted by Gasteiger charge is -2.11. The summed E-state index contributed by atoms with van der Waals surface area (Å²) in [7, 11) is 1.51. The Morgan fingerprint density at radius 2 is 2.10 bits per heavy atom. The summed E-state index contributed by atoms with van der Waals surface area (Å²) in [4.78, 5) is 15.4. The van der Waals surface area contributed by atoms with E-state index in [1.165, 1.54) is 25.4 Å². The zero-order valence-electron chi connectivity index (χ0n) is 10.3. The fraction of sp³-hybridized carbons (Fsp3) is 0.0769. The van der Waals surface area contributed by atoms with E-state index in [2.05, 4.69) is 42.2 Å². The van der Waals surface area contributed by atoms with E-state index in [9.17, 15) is 9.18 Å². The van der Waals surface area contributed by atoms with Gasteiger partial charge in [-0.05, 0) is 50.1 Å². The van der Waals surface area contributed by atoms with Gasteiger partial charge >= 0.3 is 0 Å². The average Bonchev–Trinajstić information content (AvgIpc) is 2.42. The molecule has 0 saturated carbocycles. The Kier molecular flexibility index (Phi) is 4.72. The van der Waals surface area contributed by atoms with Gasteiger partial charge in [-0.2, -0.15) is 4.39 Å². The van der Waals surface area contributed by atoms with Crippen LogP contribution in [-0.4, -0.2) is 18.0 Å². The molecule has 1 aromatic heterocycles. The monoisotopic (exact) mass is 402 g/mol. The first kappa shape index (κ1) is 14.9. The van der Waals surface area contributed by atoms with Crippen molar-refractivity contribution < 1.29 is 13.9 Å². The van der Waals surface area contributed by atoms with Crippen LogP contribution in [0.15, 0.2) is 39.4 Å². The molecule has 2 aromatic rings. The number of nitrogens with one attached hydrogen (secondary N) is 1. The highest BCUT2D eigenvalue weighted by atomic mass is 79.9. The summed E-state index contributed by atoms with van der Waals surface area (Å²) < 4.78 is 20.0. The third-order valence-corrected chi connectivity index (χ3v) is 3.77. The number of rotatable bonds is 3. The van der Waals surface area contributed by atoms with Crippen LogP contribution in [0.3, 0.4) is 0 Å². The largest absolute Gasteiger partial charge is 0.495 e. The van der Waals surface area contributed by atoms with Crippen molar-refractivity contribution in [3.63, 3.8) is 0 Å². The molecule has 0 saturated heterocycles. The maximum Gasteiger partial charge on any atom is 0.260 e. The lowest BCUT2D eigenvalue weighted by Crippen LogP contribution is -2.14. The topological polar surface area (TPSA) is 51.2 Å². The molecule has 0 spiro atoms. The van der Waals surface area contributed by atoms with Crippen LogP contribution in [0.2, 0.25) is 0 Å². The van der Waals surface area contributed by atoms with Crippen molar-refractivity contribution >= 4 is 43.5 Å². The molecule has 104 valence electrons. The Labute approximate surface area is 131 Å². The third kappa shape index (κ3) is 3.16. The molecule has 0 aliphatic heterocycles. The van der Waals surface area contributed by atoms with Crippen LogP contribution in [0.4, 0.5) is 10.1 Å². The minimum absolute atomic E-state index is 0.124. The van der Waals surface area contributed by atoms with Gasteiger partial charge in [0.2, 0.25) is 5.95 Å². The molecule has 0 fully saturated rings. The second kappa shape index (κ2) is 6.32. The molecule has 20 heavy (non-hydrogen) atoms. The van der Waals surface area contributed by atoms with Gasteiger partial charge in [-0.25, -0.2) is 4.98 Å². The number of anilines is 1. The van der Waals surface area contributed by atoms with E-state index in [0.717, 1.165) is 4.47 Å². The fourth-order valence-corrected chi connectivity index (χ4v) is 2.78. The number of carbonyl (C=O) groups excluding carboxylic acids is 1. The van der Waals surface area contributed by atoms with Gasteiger partial charge in [0.05, 0.1) is 22.8 Å². The van der Waals surface area contributed by atoms with Gasteiger partial charge in [0.25, 0.3) is 5.91 Å². The van der Waals surface area contributed by atoms with E-state index >= 15 is 0 Å². The number of aromatic nitrogens is 1. The summed E-state index contributed by atoms with van der Waals surface area (Å²) in [6, 6.07) is 6.21. The van der Waals surface area contributed by atoms with Crippen molar-refractivity contribution in [2.75, 3.05) is 12.4 Å². The first-order valence-corrected chi connectivity index (χ1v) is 7.06. The summed E-state index contributed by atoms with van der Waals surface area (Å²) in [5.74, 6) is -0.846. The van der Waals surface area contributed by atoms with E-state index in [-0.39, 0.29) is 5.56 Å². The van der Waals surface area contributed by atoms with E-state index < -0.39 is 11.9 Å². The quantitative estimate of drug-likeness (QED) is 0.788. The molecule has 4 nitrogen and oxygen atoms in total. The van der Waals surface area contributed by atoms with Crippen LogP contribution in [-0.2, 0) is 0 Å². The van der Waals surface area contributed by atoms with Crippen molar-refractivity contribution in [1.29, 1.82) is 0 Å². The van der Waals surface area contributed by atoms with Crippen LogP contribution in [0.1, 0.15) is 10.4 Å². The summed E-state index contributed by atoms with van der Waals surface area (Å²) in [6.45, 7) is 0. The molecule has 1 aromatic carbocycles. The number of benzene rings is 1. The van der Waals surface area contributed by atoms with Crippen LogP contribution >= 0.6 is 31.9 Å². The number of pyridine rings is 1. The van der Waals surface area contributed by atoms with Gasteiger partial charge in [0.1, 0.15) is 5.75 Å². The van der Waals surface area contributed by atoms with Gasteiger partial charge in [0.15, 0.2) is 0 Å². The summed E-state index contributed by atoms with van der Waals surface area (Å²) in [6.07, 6.45) is 1.28. The number of hydrogen-bond donors (Lipinski definition) is 1. The van der Waals surface area contributed by atoms with Gasteiger partial charge < -0.3 is 10.1 Å². The maximum absolute atomic E-state index is 13.4. The molecule has 0 atom stereocenters. The predicted octanol–water partition coefficient (Wildman–Crippen LogP) is 4.01. The molecule has 0 radical (unpaired) electrons. The molecule has 0 unspecified atom stereocenters. The smallest absolute Gasteiger partial charge is 0.260 e. The van der Waals surface area contributed by atoms with Crippen LogP contribution in [0.25, 0.3) is 0 Å². The Morgan fingerprint density at radius 1 is 1.35 bits per heavy atom. The van der Waals surface area contributed by atoms with Gasteiger partial charge in [-0.15, -0.1) is 0 Å². The minimum atomic E-state index is -0.815. The number of methoxy groups -OCH3 is 1. The number of ether oxygens (including phenoxy) is 1. The SMILES string of the molecule is COc1cc(NC(=O)c2cccnc2F)c(Br)cc1Br. The van der Waals surface area contributed by atoms with Gasteiger partial charge in [-0.3, -0.25) is 4.79 Å². The van der Waals surface area contributed by atoms with E-state index in [1.807, 2.05) is 0 Å². The van der Waals surface area contributed by atoms with Crippen molar-refractivity contribution in [1.82, 2.24) is 4.98 Å². The molecule has 1 N–H and O–H groups in total. The predicted molar refractivity (Wildman–Crippen MR) is 80.5 cm³/mol. The Bertz CT molecular complexity index is 665. The first-order chi connectivity index (χ1) is 9.52. The lowest BCUT2D eigenvalue weighted by atomic mass is 10.2. The zero-order chi connectivity index (χ0) is 14.7. The maximum atomic E-state index is 13.4. The molecular weight excluding hydrogens is 395 g/mol. The van der Waals surface area contributed by atoms with E-state index in [4.69, 9.17) is 4.74 Å². The number of carbonyl (C=O) groups is 1. The summed E-state index contributed by atoms with van der Waals surface area (Å²) in [5.41, 5.74) is 0.347. The molecule has 0 aliphatic rings. The molecule has 0 bridgehead atoms. The van der Waals surface area contributed by atoms with Gasteiger partial charge in [0, 0.05) is 16.7 Å². The number of hydrogen-bond acceptors (Lipinski definition) is 3. The Balaban J connectivity index is 2.31. The van der Waals surface area contributed by atoms with Crippen molar-refractivity contribution in [2.45, 2.75) is 0 Å². The highest BCUT2D eigenvalue weighted by Gasteiger charge is 2.15. The van der Waals surface area contributed by atoms with Crippen LogP contribution in [0, 0.1) is 5.95 Å². The standard InChI is InChI=1S/C13H9Br2FN2O2/c1-20-11-6-10(8(14)5-9(11)15)18-13(19)7-3-2-4-17-12(7)16/h2-6H,1H3,(H,18,19). The van der Waals surface area contributed by atoms with Crippen LogP contribution < -0.4 is 10.1 Å². The highest BCUT2D eigenvalue weighted by Crippen LogP contribution is 2.34.